The van der Waals surface area contributed by atoms with Crippen molar-refractivity contribution in [3.05, 3.63) is 193 Å². The summed E-state index contributed by atoms with van der Waals surface area (Å²) in [6.45, 7) is 4.75. The van der Waals surface area contributed by atoms with Gasteiger partial charge in [0.05, 0.1) is 11.0 Å². The van der Waals surface area contributed by atoms with Crippen molar-refractivity contribution in [2.75, 3.05) is 0 Å². The number of nitrogens with zero attached hydrogens (tertiary/aromatic N) is 2. The van der Waals surface area contributed by atoms with Gasteiger partial charge in [-0.05, 0) is 110 Å². The van der Waals surface area contributed by atoms with Crippen molar-refractivity contribution >= 4 is 21.8 Å². The van der Waals surface area contributed by atoms with Crippen molar-refractivity contribution in [2.45, 2.75) is 19.3 Å². The van der Waals surface area contributed by atoms with Crippen molar-refractivity contribution in [2.24, 2.45) is 0 Å². The average molecular weight is 665 g/mol. The smallest absolute Gasteiger partial charge is 0.0541 e. The highest BCUT2D eigenvalue weighted by Gasteiger charge is 2.36. The summed E-state index contributed by atoms with van der Waals surface area (Å²) in [5.74, 6) is 0. The number of rotatable bonds is 5. The highest BCUT2D eigenvalue weighted by molar-refractivity contribution is 6.09. The lowest BCUT2D eigenvalue weighted by molar-refractivity contribution is 0.661. The molecular formula is C50H36N2. The number of pyridine rings is 1. The lowest BCUT2D eigenvalue weighted by Crippen LogP contribution is -2.15. The monoisotopic (exact) mass is 664 g/mol. The van der Waals surface area contributed by atoms with Gasteiger partial charge in [0.25, 0.3) is 0 Å². The third-order valence-electron chi connectivity index (χ3n) is 11.1. The van der Waals surface area contributed by atoms with Crippen molar-refractivity contribution in [3.63, 3.8) is 0 Å². The van der Waals surface area contributed by atoms with Gasteiger partial charge in [0, 0.05) is 39.8 Å². The third-order valence-corrected chi connectivity index (χ3v) is 11.1. The molecular weight excluding hydrogens is 629 g/mol. The number of fused-ring (bicyclic) bond motifs is 6. The van der Waals surface area contributed by atoms with Gasteiger partial charge in [0.1, 0.15) is 0 Å². The van der Waals surface area contributed by atoms with E-state index < -0.39 is 0 Å². The van der Waals surface area contributed by atoms with Gasteiger partial charge in [-0.2, -0.15) is 0 Å². The zero-order valence-electron chi connectivity index (χ0n) is 29.2. The van der Waals surface area contributed by atoms with E-state index in [1.807, 2.05) is 18.5 Å². The first-order valence-corrected chi connectivity index (χ1v) is 18.0. The molecule has 1 aliphatic rings. The molecule has 2 heteroatoms. The van der Waals surface area contributed by atoms with Gasteiger partial charge in [-0.15, -0.1) is 0 Å². The Morgan fingerprint density at radius 1 is 0.404 bits per heavy atom. The number of para-hydroxylation sites is 2. The lowest BCUT2D eigenvalue weighted by Gasteiger charge is -2.23. The number of hydrogen-bond donors (Lipinski definition) is 0. The summed E-state index contributed by atoms with van der Waals surface area (Å²) in [5.41, 5.74) is 18.6. The fourth-order valence-electron chi connectivity index (χ4n) is 8.39. The molecule has 9 aromatic rings. The summed E-state index contributed by atoms with van der Waals surface area (Å²) in [6, 6.07) is 62.3. The SMILES string of the molecule is CC1(C)c2cc(-c3ccc(-c4cccc(-c5cccnc5)c4)cc3)ccc2-c2ccc(-c3cccc(-n4c5ccccc5c5ccccc54)c3)cc21. The van der Waals surface area contributed by atoms with E-state index in [1.54, 1.807) is 0 Å². The molecule has 246 valence electrons. The predicted octanol–water partition coefficient (Wildman–Crippen LogP) is 13.2. The molecule has 2 heterocycles. The van der Waals surface area contributed by atoms with E-state index in [9.17, 15) is 0 Å². The van der Waals surface area contributed by atoms with Crippen LogP contribution in [0.15, 0.2) is 182 Å². The zero-order chi connectivity index (χ0) is 34.8. The van der Waals surface area contributed by atoms with Crippen LogP contribution >= 0.6 is 0 Å². The molecule has 1 aliphatic carbocycles. The average Bonchev–Trinajstić information content (AvgIpc) is 3.66. The molecule has 0 aliphatic heterocycles. The molecule has 0 bridgehead atoms. The highest BCUT2D eigenvalue weighted by Crippen LogP contribution is 2.51. The maximum Gasteiger partial charge on any atom is 0.0541 e. The van der Waals surface area contributed by atoms with Gasteiger partial charge >= 0.3 is 0 Å². The van der Waals surface area contributed by atoms with E-state index in [-0.39, 0.29) is 5.41 Å². The second-order valence-corrected chi connectivity index (χ2v) is 14.5. The van der Waals surface area contributed by atoms with Gasteiger partial charge in [0.15, 0.2) is 0 Å². The van der Waals surface area contributed by atoms with E-state index in [2.05, 4.69) is 187 Å². The second kappa shape index (κ2) is 11.8. The number of aromatic nitrogens is 2. The summed E-state index contributed by atoms with van der Waals surface area (Å²) >= 11 is 0. The van der Waals surface area contributed by atoms with E-state index >= 15 is 0 Å². The Labute approximate surface area is 304 Å². The number of benzene rings is 7. The summed E-state index contributed by atoms with van der Waals surface area (Å²) < 4.78 is 2.40. The van der Waals surface area contributed by atoms with Crippen LogP contribution in [0.25, 0.3) is 83.1 Å². The molecule has 0 unspecified atom stereocenters. The van der Waals surface area contributed by atoms with Crippen LogP contribution in [-0.2, 0) is 5.41 Å². The first-order chi connectivity index (χ1) is 25.5. The molecule has 0 amide bonds. The Balaban J connectivity index is 0.971. The van der Waals surface area contributed by atoms with Crippen LogP contribution in [0.1, 0.15) is 25.0 Å². The van der Waals surface area contributed by atoms with Crippen LogP contribution in [0.5, 0.6) is 0 Å². The minimum Gasteiger partial charge on any atom is -0.309 e. The first-order valence-electron chi connectivity index (χ1n) is 18.0. The Morgan fingerprint density at radius 3 is 1.48 bits per heavy atom. The third kappa shape index (κ3) is 4.83. The fraction of sp³-hybridized carbons (Fsp3) is 0.0600. The van der Waals surface area contributed by atoms with Gasteiger partial charge < -0.3 is 4.57 Å². The van der Waals surface area contributed by atoms with Crippen LogP contribution in [0.3, 0.4) is 0 Å². The molecule has 0 spiro atoms. The predicted molar refractivity (Wildman–Crippen MR) is 218 cm³/mol. The maximum atomic E-state index is 4.30. The van der Waals surface area contributed by atoms with Crippen molar-refractivity contribution in [1.29, 1.82) is 0 Å². The van der Waals surface area contributed by atoms with Gasteiger partial charge in [-0.25, -0.2) is 0 Å². The molecule has 0 radical (unpaired) electrons. The van der Waals surface area contributed by atoms with Crippen LogP contribution in [0.2, 0.25) is 0 Å². The molecule has 0 saturated heterocycles. The van der Waals surface area contributed by atoms with Crippen LogP contribution < -0.4 is 0 Å². The van der Waals surface area contributed by atoms with Gasteiger partial charge in [-0.3, -0.25) is 4.98 Å². The summed E-state index contributed by atoms with van der Waals surface area (Å²) in [5, 5.41) is 2.56. The summed E-state index contributed by atoms with van der Waals surface area (Å²) in [7, 11) is 0. The summed E-state index contributed by atoms with van der Waals surface area (Å²) in [6.07, 6.45) is 3.73. The molecule has 10 rings (SSSR count). The maximum absolute atomic E-state index is 4.30. The highest BCUT2D eigenvalue weighted by atomic mass is 15.0. The van der Waals surface area contributed by atoms with Crippen LogP contribution in [0, 0.1) is 0 Å². The molecule has 0 fully saturated rings. The number of hydrogen-bond acceptors (Lipinski definition) is 1. The molecule has 0 N–H and O–H groups in total. The van der Waals surface area contributed by atoms with Crippen molar-refractivity contribution in [3.8, 4) is 61.3 Å². The minimum atomic E-state index is -0.131. The molecule has 2 aromatic heterocycles. The Bertz CT molecular complexity index is 2750. The van der Waals surface area contributed by atoms with Crippen LogP contribution in [-0.4, -0.2) is 9.55 Å². The molecule has 0 atom stereocenters. The Kier molecular flexibility index (Phi) is 6.87. The van der Waals surface area contributed by atoms with Gasteiger partial charge in [-0.1, -0.05) is 135 Å². The summed E-state index contributed by atoms with van der Waals surface area (Å²) in [4.78, 5) is 4.30. The van der Waals surface area contributed by atoms with Crippen molar-refractivity contribution in [1.82, 2.24) is 9.55 Å². The Morgan fingerprint density at radius 2 is 0.885 bits per heavy atom. The van der Waals surface area contributed by atoms with E-state index in [1.165, 1.54) is 88.7 Å². The van der Waals surface area contributed by atoms with Gasteiger partial charge in [0.2, 0.25) is 0 Å². The normalized spacial score (nSPS) is 13.0. The molecule has 0 saturated carbocycles. The van der Waals surface area contributed by atoms with Crippen LogP contribution in [0.4, 0.5) is 0 Å². The molecule has 2 nitrogen and oxygen atoms in total. The topological polar surface area (TPSA) is 17.8 Å². The second-order valence-electron chi connectivity index (χ2n) is 14.5. The lowest BCUT2D eigenvalue weighted by atomic mass is 9.81. The standard InChI is InChI=1S/C50H36N2/c1-50(2)46-30-38(34-21-19-33(20-22-34)35-10-7-11-36(28-35)40-13-9-27-51-32-40)23-25-42(46)43-26-24-39(31-47(43)50)37-12-8-14-41(29-37)52-48-17-5-3-15-44(48)45-16-4-6-18-49(45)52/h3-32H,1-2H3. The minimum absolute atomic E-state index is 0.131. The molecule has 52 heavy (non-hydrogen) atoms. The van der Waals surface area contributed by atoms with E-state index in [0.717, 1.165) is 5.56 Å². The van der Waals surface area contributed by atoms with E-state index in [4.69, 9.17) is 0 Å². The fourth-order valence-corrected chi connectivity index (χ4v) is 8.39. The molecule has 7 aromatic carbocycles. The first kappa shape index (κ1) is 30.3. The van der Waals surface area contributed by atoms with Crippen molar-refractivity contribution < 1.29 is 0 Å². The quantitative estimate of drug-likeness (QED) is 0.179. The van der Waals surface area contributed by atoms with E-state index in [0.29, 0.717) is 0 Å². The zero-order valence-corrected chi connectivity index (χ0v) is 29.2. The largest absolute Gasteiger partial charge is 0.309 e. The Hall–Kier alpha value is -6.51.